The number of nitrogens with one attached hydrogen (secondary N) is 1. The Morgan fingerprint density at radius 1 is 1.54 bits per heavy atom. The van der Waals surface area contributed by atoms with Crippen LogP contribution >= 0.6 is 11.8 Å². The molecule has 1 aromatic carbocycles. The number of rotatable bonds is 2. The van der Waals surface area contributed by atoms with E-state index in [2.05, 4.69) is 9.97 Å². The van der Waals surface area contributed by atoms with Gasteiger partial charge < -0.3 is 10.1 Å². The van der Waals surface area contributed by atoms with E-state index in [1.807, 2.05) is 18.4 Å². The molecule has 0 spiro atoms. The third-order valence-corrected chi connectivity index (χ3v) is 2.85. The van der Waals surface area contributed by atoms with Crippen molar-refractivity contribution in [3.8, 4) is 0 Å². The molecule has 4 heteroatoms. The molecule has 0 aliphatic rings. The quantitative estimate of drug-likeness (QED) is 0.716. The number of imidazole rings is 1. The lowest BCUT2D eigenvalue weighted by Crippen LogP contribution is -1.89. The Hall–Kier alpha value is -1.00. The molecule has 0 saturated heterocycles. The minimum atomic E-state index is 0.0400. The summed E-state index contributed by atoms with van der Waals surface area (Å²) < 4.78 is 0. The number of nitrogens with zero attached hydrogens (tertiary/aromatic N) is 1. The van der Waals surface area contributed by atoms with Gasteiger partial charge in [-0.05, 0) is 18.4 Å². The molecule has 2 rings (SSSR count). The van der Waals surface area contributed by atoms with Gasteiger partial charge in [-0.15, -0.1) is 11.8 Å². The summed E-state index contributed by atoms with van der Waals surface area (Å²) in [4.78, 5) is 8.27. The lowest BCUT2D eigenvalue weighted by atomic mass is 10.2. The number of H-pyrrole nitrogens is 1. The topological polar surface area (TPSA) is 48.9 Å². The van der Waals surface area contributed by atoms with Crippen molar-refractivity contribution in [2.75, 3.05) is 6.26 Å². The third-order valence-electron chi connectivity index (χ3n) is 2.03. The summed E-state index contributed by atoms with van der Waals surface area (Å²) in [6.45, 7) is 0.0400. The van der Waals surface area contributed by atoms with Gasteiger partial charge in [0, 0.05) is 10.5 Å². The minimum absolute atomic E-state index is 0.0400. The van der Waals surface area contributed by atoms with Gasteiger partial charge in [0.25, 0.3) is 0 Å². The average Bonchev–Trinajstić information content (AvgIpc) is 2.63. The van der Waals surface area contributed by atoms with E-state index >= 15 is 0 Å². The molecule has 0 radical (unpaired) electrons. The molecular formula is C9H10N2OS. The summed E-state index contributed by atoms with van der Waals surface area (Å²) in [6.07, 6.45) is 3.64. The van der Waals surface area contributed by atoms with Crippen LogP contribution in [-0.2, 0) is 6.61 Å². The molecule has 68 valence electrons. The number of aromatic nitrogens is 2. The predicted octanol–water partition coefficient (Wildman–Crippen LogP) is 1.78. The highest BCUT2D eigenvalue weighted by Crippen LogP contribution is 2.26. The average molecular weight is 194 g/mol. The summed E-state index contributed by atoms with van der Waals surface area (Å²) in [5.41, 5.74) is 2.75. The van der Waals surface area contributed by atoms with Crippen molar-refractivity contribution in [1.29, 1.82) is 0 Å². The fourth-order valence-corrected chi connectivity index (χ4v) is 2.00. The fourth-order valence-electron chi connectivity index (χ4n) is 1.39. The van der Waals surface area contributed by atoms with Gasteiger partial charge in [-0.2, -0.15) is 0 Å². The zero-order valence-electron chi connectivity index (χ0n) is 7.24. The maximum atomic E-state index is 9.20. The van der Waals surface area contributed by atoms with Crippen LogP contribution in [0, 0.1) is 0 Å². The highest BCUT2D eigenvalue weighted by atomic mass is 32.2. The van der Waals surface area contributed by atoms with E-state index in [0.717, 1.165) is 21.5 Å². The van der Waals surface area contributed by atoms with Gasteiger partial charge in [-0.1, -0.05) is 0 Å². The van der Waals surface area contributed by atoms with Crippen molar-refractivity contribution in [1.82, 2.24) is 9.97 Å². The molecule has 2 N–H and O–H groups in total. The number of benzene rings is 1. The second-order valence-electron chi connectivity index (χ2n) is 2.70. The van der Waals surface area contributed by atoms with Crippen LogP contribution in [0.1, 0.15) is 5.56 Å². The van der Waals surface area contributed by atoms with E-state index in [0.29, 0.717) is 0 Å². The Balaban J connectivity index is 2.74. The molecule has 0 aliphatic heterocycles. The van der Waals surface area contributed by atoms with E-state index in [1.165, 1.54) is 0 Å². The van der Waals surface area contributed by atoms with Crippen molar-refractivity contribution in [3.63, 3.8) is 0 Å². The minimum Gasteiger partial charge on any atom is -0.392 e. The molecule has 0 amide bonds. The summed E-state index contributed by atoms with van der Waals surface area (Å²) in [7, 11) is 0. The van der Waals surface area contributed by atoms with E-state index in [1.54, 1.807) is 18.1 Å². The second-order valence-corrected chi connectivity index (χ2v) is 3.55. The molecule has 0 aliphatic carbocycles. The molecular weight excluding hydrogens is 184 g/mol. The Bertz CT molecular complexity index is 424. The first-order valence-electron chi connectivity index (χ1n) is 3.96. The maximum Gasteiger partial charge on any atom is 0.0948 e. The Kier molecular flexibility index (Phi) is 2.24. The van der Waals surface area contributed by atoms with Crippen LogP contribution in [0.15, 0.2) is 23.4 Å². The van der Waals surface area contributed by atoms with Gasteiger partial charge in [0.2, 0.25) is 0 Å². The number of aliphatic hydroxyl groups is 1. The van der Waals surface area contributed by atoms with Crippen molar-refractivity contribution in [2.45, 2.75) is 11.5 Å². The lowest BCUT2D eigenvalue weighted by Gasteiger charge is -2.04. The molecule has 2 aromatic rings. The number of hydrogen-bond acceptors (Lipinski definition) is 3. The van der Waals surface area contributed by atoms with Crippen LogP contribution in [0.25, 0.3) is 11.0 Å². The Morgan fingerprint density at radius 2 is 2.38 bits per heavy atom. The monoisotopic (exact) mass is 194 g/mol. The van der Waals surface area contributed by atoms with Gasteiger partial charge in [0.1, 0.15) is 0 Å². The normalized spacial score (nSPS) is 10.9. The second kappa shape index (κ2) is 3.40. The smallest absolute Gasteiger partial charge is 0.0948 e. The highest BCUT2D eigenvalue weighted by Gasteiger charge is 2.07. The number of thioether (sulfide) groups is 1. The maximum absolute atomic E-state index is 9.20. The highest BCUT2D eigenvalue weighted by molar-refractivity contribution is 7.98. The first-order chi connectivity index (χ1) is 6.36. The summed E-state index contributed by atoms with van der Waals surface area (Å²) >= 11 is 1.62. The first kappa shape index (κ1) is 8.59. The van der Waals surface area contributed by atoms with Crippen LogP contribution in [-0.4, -0.2) is 21.3 Å². The zero-order chi connectivity index (χ0) is 9.26. The van der Waals surface area contributed by atoms with Gasteiger partial charge in [-0.3, -0.25) is 0 Å². The lowest BCUT2D eigenvalue weighted by molar-refractivity contribution is 0.280. The molecule has 1 aromatic heterocycles. The van der Waals surface area contributed by atoms with E-state index in [-0.39, 0.29) is 6.61 Å². The van der Waals surface area contributed by atoms with Crippen LogP contribution in [0.5, 0.6) is 0 Å². The number of aromatic amines is 1. The Morgan fingerprint density at radius 3 is 3.08 bits per heavy atom. The third kappa shape index (κ3) is 1.32. The summed E-state index contributed by atoms with van der Waals surface area (Å²) in [6, 6.07) is 3.98. The zero-order valence-corrected chi connectivity index (χ0v) is 8.06. The van der Waals surface area contributed by atoms with Crippen LogP contribution in [0.4, 0.5) is 0 Å². The molecule has 0 saturated carbocycles. The van der Waals surface area contributed by atoms with Gasteiger partial charge in [-0.25, -0.2) is 4.98 Å². The SMILES string of the molecule is CSc1ccc2[nH]cnc2c1CO. The Labute approximate surface area is 80.2 Å². The van der Waals surface area contributed by atoms with Crippen molar-refractivity contribution in [2.24, 2.45) is 0 Å². The van der Waals surface area contributed by atoms with Gasteiger partial charge >= 0.3 is 0 Å². The largest absolute Gasteiger partial charge is 0.392 e. The molecule has 0 atom stereocenters. The molecule has 0 unspecified atom stereocenters. The van der Waals surface area contributed by atoms with Gasteiger partial charge in [0.15, 0.2) is 0 Å². The molecule has 0 fully saturated rings. The van der Waals surface area contributed by atoms with Crippen molar-refractivity contribution in [3.05, 3.63) is 24.0 Å². The molecule has 13 heavy (non-hydrogen) atoms. The molecule has 1 heterocycles. The van der Waals surface area contributed by atoms with Crippen LogP contribution in [0.3, 0.4) is 0 Å². The molecule has 0 bridgehead atoms. The van der Waals surface area contributed by atoms with Crippen LogP contribution < -0.4 is 0 Å². The predicted molar refractivity (Wildman–Crippen MR) is 53.8 cm³/mol. The van der Waals surface area contributed by atoms with E-state index < -0.39 is 0 Å². The number of hydrogen-bond donors (Lipinski definition) is 2. The first-order valence-corrected chi connectivity index (χ1v) is 5.19. The van der Waals surface area contributed by atoms with Crippen molar-refractivity contribution < 1.29 is 5.11 Å². The standard InChI is InChI=1S/C9H10N2OS/c1-13-8-3-2-7-9(6(8)4-12)11-5-10-7/h2-3,5,12H,4H2,1H3,(H,10,11). The van der Waals surface area contributed by atoms with Gasteiger partial charge in [0.05, 0.1) is 24.0 Å². The van der Waals surface area contributed by atoms with E-state index in [4.69, 9.17) is 0 Å². The summed E-state index contributed by atoms with van der Waals surface area (Å²) in [5.74, 6) is 0. The molecule has 3 nitrogen and oxygen atoms in total. The van der Waals surface area contributed by atoms with Crippen molar-refractivity contribution >= 4 is 22.8 Å². The van der Waals surface area contributed by atoms with Crippen LogP contribution in [0.2, 0.25) is 0 Å². The van der Waals surface area contributed by atoms with E-state index in [9.17, 15) is 5.11 Å². The fraction of sp³-hybridized carbons (Fsp3) is 0.222. The summed E-state index contributed by atoms with van der Waals surface area (Å²) in [5, 5.41) is 9.20. The number of aliphatic hydroxyl groups excluding tert-OH is 1. The number of fused-ring (bicyclic) bond motifs is 1.